The summed E-state index contributed by atoms with van der Waals surface area (Å²) in [5.74, 6) is -0.224. The highest BCUT2D eigenvalue weighted by Crippen LogP contribution is 2.34. The van der Waals surface area contributed by atoms with Crippen molar-refractivity contribution in [2.45, 2.75) is 39.0 Å². The van der Waals surface area contributed by atoms with E-state index in [1.165, 1.54) is 31.4 Å². The number of carbonyl (C=O) groups excluding carboxylic acids is 1. The van der Waals surface area contributed by atoms with E-state index in [0.717, 1.165) is 12.8 Å². The number of aromatic amines is 1. The molecule has 1 aromatic heterocycles. The van der Waals surface area contributed by atoms with Gasteiger partial charge in [0.1, 0.15) is 5.69 Å². The molecule has 1 saturated carbocycles. The van der Waals surface area contributed by atoms with Crippen LogP contribution < -0.4 is 10.9 Å². The molecule has 2 rings (SSSR count). The predicted molar refractivity (Wildman–Crippen MR) is 68.4 cm³/mol. The summed E-state index contributed by atoms with van der Waals surface area (Å²) < 4.78 is 0. The number of rotatable bonds is 3. The van der Waals surface area contributed by atoms with Crippen LogP contribution in [-0.4, -0.2) is 22.6 Å². The number of aromatic nitrogens is 2. The molecule has 1 aliphatic rings. The first-order valence-electron chi connectivity index (χ1n) is 6.43. The van der Waals surface area contributed by atoms with Gasteiger partial charge in [-0.3, -0.25) is 9.59 Å². The summed E-state index contributed by atoms with van der Waals surface area (Å²) in [4.78, 5) is 22.7. The summed E-state index contributed by atoms with van der Waals surface area (Å²) in [5.41, 5.74) is 0.163. The third-order valence-electron chi connectivity index (χ3n) is 3.65. The minimum absolute atomic E-state index is 0.204. The van der Waals surface area contributed by atoms with Crippen LogP contribution in [0.25, 0.3) is 0 Å². The summed E-state index contributed by atoms with van der Waals surface area (Å²) in [5, 5.41) is 8.88. The molecule has 0 saturated heterocycles. The van der Waals surface area contributed by atoms with Crippen molar-refractivity contribution in [1.82, 2.24) is 15.5 Å². The van der Waals surface area contributed by atoms with Gasteiger partial charge in [-0.05, 0) is 24.3 Å². The fraction of sp³-hybridized carbons (Fsp3) is 0.615. The van der Waals surface area contributed by atoms with E-state index in [0.29, 0.717) is 6.54 Å². The van der Waals surface area contributed by atoms with Gasteiger partial charge in [0.2, 0.25) is 0 Å². The van der Waals surface area contributed by atoms with E-state index in [-0.39, 0.29) is 22.6 Å². The van der Waals surface area contributed by atoms with E-state index in [1.54, 1.807) is 0 Å². The summed E-state index contributed by atoms with van der Waals surface area (Å²) in [6.45, 7) is 2.89. The second-order valence-corrected chi connectivity index (χ2v) is 5.36. The smallest absolute Gasteiger partial charge is 0.271 e. The van der Waals surface area contributed by atoms with Crippen molar-refractivity contribution in [1.29, 1.82) is 0 Å². The molecule has 5 heteroatoms. The lowest BCUT2D eigenvalue weighted by molar-refractivity contribution is 0.0913. The van der Waals surface area contributed by atoms with Gasteiger partial charge in [-0.25, -0.2) is 5.10 Å². The van der Waals surface area contributed by atoms with E-state index in [9.17, 15) is 9.59 Å². The van der Waals surface area contributed by atoms with Gasteiger partial charge in [0.25, 0.3) is 11.5 Å². The molecule has 18 heavy (non-hydrogen) atoms. The normalized spacial score (nSPS) is 18.3. The molecule has 0 unspecified atom stereocenters. The number of carbonyl (C=O) groups is 1. The zero-order chi connectivity index (χ0) is 13.0. The largest absolute Gasteiger partial charge is 0.350 e. The lowest BCUT2D eigenvalue weighted by Crippen LogP contribution is -2.37. The van der Waals surface area contributed by atoms with Crippen LogP contribution in [0, 0.1) is 5.41 Å². The second-order valence-electron chi connectivity index (χ2n) is 5.36. The molecule has 2 N–H and O–H groups in total. The molecular formula is C13H19N3O2. The SMILES string of the molecule is CC1(CNC(=O)c2ccc(=O)[nH]n2)CCCCC1. The molecule has 1 fully saturated rings. The highest BCUT2D eigenvalue weighted by atomic mass is 16.2. The van der Waals surface area contributed by atoms with E-state index < -0.39 is 0 Å². The predicted octanol–water partition coefficient (Wildman–Crippen LogP) is 1.47. The molecule has 98 valence electrons. The highest BCUT2D eigenvalue weighted by molar-refractivity contribution is 5.91. The molecule has 0 aromatic carbocycles. The number of hydrogen-bond donors (Lipinski definition) is 2. The molecule has 0 radical (unpaired) electrons. The van der Waals surface area contributed by atoms with E-state index >= 15 is 0 Å². The highest BCUT2D eigenvalue weighted by Gasteiger charge is 2.27. The van der Waals surface area contributed by atoms with Crippen LogP contribution >= 0.6 is 0 Å². The Hall–Kier alpha value is -1.65. The van der Waals surface area contributed by atoms with Gasteiger partial charge in [-0.2, -0.15) is 5.10 Å². The van der Waals surface area contributed by atoms with Gasteiger partial charge < -0.3 is 5.32 Å². The average molecular weight is 249 g/mol. The maximum atomic E-state index is 11.8. The summed E-state index contributed by atoms with van der Waals surface area (Å²) >= 11 is 0. The van der Waals surface area contributed by atoms with Crippen LogP contribution in [0.5, 0.6) is 0 Å². The van der Waals surface area contributed by atoms with Crippen molar-refractivity contribution < 1.29 is 4.79 Å². The average Bonchev–Trinajstić information content (AvgIpc) is 2.38. The Labute approximate surface area is 106 Å². The van der Waals surface area contributed by atoms with Gasteiger partial charge in [-0.1, -0.05) is 26.2 Å². The third-order valence-corrected chi connectivity index (χ3v) is 3.65. The van der Waals surface area contributed by atoms with Crippen LogP contribution in [0.15, 0.2) is 16.9 Å². The first-order chi connectivity index (χ1) is 8.59. The molecule has 1 amide bonds. The van der Waals surface area contributed by atoms with Gasteiger partial charge in [0.05, 0.1) is 0 Å². The minimum Gasteiger partial charge on any atom is -0.350 e. The van der Waals surface area contributed by atoms with Crippen LogP contribution in [-0.2, 0) is 0 Å². The standard InChI is InChI=1S/C13H19N3O2/c1-13(7-3-2-4-8-13)9-14-12(18)10-5-6-11(17)16-15-10/h5-6H,2-4,7-9H2,1H3,(H,14,18)(H,16,17). The molecule has 1 heterocycles. The quantitative estimate of drug-likeness (QED) is 0.851. The first-order valence-corrected chi connectivity index (χ1v) is 6.43. The Morgan fingerprint density at radius 2 is 2.11 bits per heavy atom. The van der Waals surface area contributed by atoms with Gasteiger partial charge in [0, 0.05) is 12.6 Å². The Morgan fingerprint density at radius 1 is 1.39 bits per heavy atom. The summed E-state index contributed by atoms with van der Waals surface area (Å²) in [6.07, 6.45) is 6.09. The maximum Gasteiger partial charge on any atom is 0.271 e. The van der Waals surface area contributed by atoms with Crippen LogP contribution in [0.4, 0.5) is 0 Å². The molecule has 0 atom stereocenters. The molecule has 1 aromatic rings. The Bertz CT molecular complexity index is 455. The second kappa shape index (κ2) is 5.33. The van der Waals surface area contributed by atoms with Crippen molar-refractivity contribution in [3.05, 3.63) is 28.2 Å². The maximum absolute atomic E-state index is 11.8. The zero-order valence-corrected chi connectivity index (χ0v) is 10.7. The van der Waals surface area contributed by atoms with Gasteiger partial charge >= 0.3 is 0 Å². The Morgan fingerprint density at radius 3 is 2.72 bits per heavy atom. The Kier molecular flexibility index (Phi) is 3.79. The topological polar surface area (TPSA) is 74.8 Å². The fourth-order valence-electron chi connectivity index (χ4n) is 2.44. The molecular weight excluding hydrogens is 230 g/mol. The van der Waals surface area contributed by atoms with E-state index in [2.05, 4.69) is 22.4 Å². The molecule has 0 aliphatic heterocycles. The minimum atomic E-state index is -0.300. The fourth-order valence-corrected chi connectivity index (χ4v) is 2.44. The first kappa shape index (κ1) is 12.8. The zero-order valence-electron chi connectivity index (χ0n) is 10.7. The van der Waals surface area contributed by atoms with Crippen molar-refractivity contribution in [3.8, 4) is 0 Å². The molecule has 5 nitrogen and oxygen atoms in total. The number of H-pyrrole nitrogens is 1. The summed E-state index contributed by atoms with van der Waals surface area (Å²) in [6, 6.07) is 2.75. The summed E-state index contributed by atoms with van der Waals surface area (Å²) in [7, 11) is 0. The van der Waals surface area contributed by atoms with Gasteiger partial charge in [-0.15, -0.1) is 0 Å². The third kappa shape index (κ3) is 3.18. The number of nitrogens with one attached hydrogen (secondary N) is 2. The van der Waals surface area contributed by atoms with Crippen LogP contribution in [0.1, 0.15) is 49.5 Å². The van der Waals surface area contributed by atoms with E-state index in [4.69, 9.17) is 0 Å². The van der Waals surface area contributed by atoms with Crippen molar-refractivity contribution in [2.24, 2.45) is 5.41 Å². The van der Waals surface area contributed by atoms with Crippen molar-refractivity contribution in [3.63, 3.8) is 0 Å². The molecule has 0 bridgehead atoms. The van der Waals surface area contributed by atoms with Crippen molar-refractivity contribution in [2.75, 3.05) is 6.54 Å². The number of amides is 1. The van der Waals surface area contributed by atoms with E-state index in [1.807, 2.05) is 0 Å². The van der Waals surface area contributed by atoms with Crippen molar-refractivity contribution >= 4 is 5.91 Å². The number of hydrogen-bond acceptors (Lipinski definition) is 3. The lowest BCUT2D eigenvalue weighted by atomic mass is 9.76. The lowest BCUT2D eigenvalue weighted by Gasteiger charge is -2.33. The molecule has 1 aliphatic carbocycles. The molecule has 0 spiro atoms. The monoisotopic (exact) mass is 249 g/mol. The van der Waals surface area contributed by atoms with Gasteiger partial charge in [0.15, 0.2) is 0 Å². The van der Waals surface area contributed by atoms with Crippen LogP contribution in [0.3, 0.4) is 0 Å². The van der Waals surface area contributed by atoms with Crippen LogP contribution in [0.2, 0.25) is 0 Å². The number of nitrogens with zero attached hydrogens (tertiary/aromatic N) is 1. The Balaban J connectivity index is 1.91.